The van der Waals surface area contributed by atoms with Gasteiger partial charge in [0.05, 0.1) is 12.3 Å². The molecule has 2 unspecified atom stereocenters. The number of likely N-dealkylation sites (tertiary alicyclic amines) is 1. The molecule has 0 amide bonds. The second-order valence-corrected chi connectivity index (χ2v) is 5.99. The van der Waals surface area contributed by atoms with Crippen LogP contribution in [0.4, 0.5) is 5.95 Å². The number of piperidine rings is 1. The van der Waals surface area contributed by atoms with E-state index in [9.17, 15) is 0 Å². The van der Waals surface area contributed by atoms with E-state index in [4.69, 9.17) is 4.74 Å². The molecule has 0 aliphatic carbocycles. The Bertz CT molecular complexity index is 418. The maximum Gasteiger partial charge on any atom is 0.203 e. The minimum absolute atomic E-state index is 0.268. The molecule has 0 spiro atoms. The van der Waals surface area contributed by atoms with Gasteiger partial charge in [0.1, 0.15) is 0 Å². The van der Waals surface area contributed by atoms with Gasteiger partial charge >= 0.3 is 0 Å². The van der Waals surface area contributed by atoms with Crippen LogP contribution in [0.2, 0.25) is 0 Å². The molecule has 1 aromatic heterocycles. The molecule has 1 fully saturated rings. The van der Waals surface area contributed by atoms with Crippen molar-refractivity contribution in [3.05, 3.63) is 11.9 Å². The second kappa shape index (κ2) is 7.09. The van der Waals surface area contributed by atoms with Gasteiger partial charge in [-0.2, -0.15) is 0 Å². The van der Waals surface area contributed by atoms with Crippen molar-refractivity contribution in [2.24, 2.45) is 0 Å². The monoisotopic (exact) mass is 280 g/mol. The van der Waals surface area contributed by atoms with Gasteiger partial charge in [0.15, 0.2) is 0 Å². The van der Waals surface area contributed by atoms with Crippen molar-refractivity contribution in [3.63, 3.8) is 0 Å². The predicted molar refractivity (Wildman–Crippen MR) is 82.2 cm³/mol. The summed E-state index contributed by atoms with van der Waals surface area (Å²) < 4.78 is 7.44. The molecule has 1 N–H and O–H groups in total. The summed E-state index contributed by atoms with van der Waals surface area (Å²) in [6.45, 7) is 7.08. The molecular formula is C15H28N4O. The van der Waals surface area contributed by atoms with Crippen molar-refractivity contribution in [3.8, 4) is 0 Å². The number of aryl methyl sites for hydroxylation is 1. The number of likely N-dealkylation sites (N-methyl/N-ethyl adjacent to an activating group) is 1. The van der Waals surface area contributed by atoms with Gasteiger partial charge in [-0.15, -0.1) is 0 Å². The minimum atomic E-state index is 0.268. The summed E-state index contributed by atoms with van der Waals surface area (Å²) in [5.74, 6) is 0.964. The molecule has 20 heavy (non-hydrogen) atoms. The number of imidazole rings is 1. The van der Waals surface area contributed by atoms with Gasteiger partial charge in [-0.1, -0.05) is 6.42 Å². The Kier molecular flexibility index (Phi) is 5.43. The Morgan fingerprint density at radius 3 is 3.00 bits per heavy atom. The highest BCUT2D eigenvalue weighted by atomic mass is 16.5. The van der Waals surface area contributed by atoms with Crippen LogP contribution in [0.1, 0.15) is 31.9 Å². The summed E-state index contributed by atoms with van der Waals surface area (Å²) in [5, 5.41) is 3.44. The van der Waals surface area contributed by atoms with Crippen LogP contribution in [0.15, 0.2) is 6.20 Å². The summed E-state index contributed by atoms with van der Waals surface area (Å²) in [5.41, 5.74) is 1.07. The number of nitrogens with zero attached hydrogens (tertiary/aromatic N) is 3. The summed E-state index contributed by atoms with van der Waals surface area (Å²) >= 11 is 0. The molecule has 114 valence electrons. The number of methoxy groups -OCH3 is 1. The Hall–Kier alpha value is -1.07. The molecule has 1 aliphatic heterocycles. The smallest absolute Gasteiger partial charge is 0.203 e. The SMILES string of the molecule is COCC(C)Nc1nc(C)cn1CC1CCCCN1C. The van der Waals surface area contributed by atoms with Gasteiger partial charge in [-0.25, -0.2) is 4.98 Å². The van der Waals surface area contributed by atoms with Gasteiger partial charge in [-0.3, -0.25) is 0 Å². The fourth-order valence-electron chi connectivity index (χ4n) is 2.92. The largest absolute Gasteiger partial charge is 0.383 e. The standard InChI is InChI=1S/C15H28N4O/c1-12-9-19(10-14-7-5-6-8-18(14)3)15(16-12)17-13(2)11-20-4/h9,13-14H,5-8,10-11H2,1-4H3,(H,16,17). The number of anilines is 1. The molecular weight excluding hydrogens is 252 g/mol. The van der Waals surface area contributed by atoms with E-state index in [1.54, 1.807) is 7.11 Å². The third-order valence-corrected chi connectivity index (χ3v) is 4.02. The summed E-state index contributed by atoms with van der Waals surface area (Å²) in [6.07, 6.45) is 6.09. The number of rotatable bonds is 6. The third kappa shape index (κ3) is 3.96. The summed E-state index contributed by atoms with van der Waals surface area (Å²) in [6, 6.07) is 0.889. The quantitative estimate of drug-likeness (QED) is 0.867. The predicted octanol–water partition coefficient (Wildman–Crippen LogP) is 2.12. The van der Waals surface area contributed by atoms with Gasteiger partial charge in [-0.05, 0) is 40.3 Å². The Labute approximate surface area is 122 Å². The topological polar surface area (TPSA) is 42.3 Å². The van der Waals surface area contributed by atoms with Crippen LogP contribution in [-0.4, -0.2) is 53.8 Å². The van der Waals surface area contributed by atoms with E-state index < -0.39 is 0 Å². The fourth-order valence-corrected chi connectivity index (χ4v) is 2.92. The first-order chi connectivity index (χ1) is 9.60. The third-order valence-electron chi connectivity index (χ3n) is 4.02. The van der Waals surface area contributed by atoms with Crippen LogP contribution in [0.3, 0.4) is 0 Å². The van der Waals surface area contributed by atoms with Crippen LogP contribution in [0.25, 0.3) is 0 Å². The van der Waals surface area contributed by atoms with E-state index in [1.807, 2.05) is 6.92 Å². The highest BCUT2D eigenvalue weighted by molar-refractivity contribution is 5.30. The number of aromatic nitrogens is 2. The average Bonchev–Trinajstić information content (AvgIpc) is 2.72. The molecule has 2 rings (SSSR count). The fraction of sp³-hybridized carbons (Fsp3) is 0.800. The minimum Gasteiger partial charge on any atom is -0.383 e. The van der Waals surface area contributed by atoms with Crippen molar-refractivity contribution in [1.29, 1.82) is 0 Å². The van der Waals surface area contributed by atoms with Crippen LogP contribution >= 0.6 is 0 Å². The van der Waals surface area contributed by atoms with Gasteiger partial charge in [0.2, 0.25) is 5.95 Å². The number of nitrogens with one attached hydrogen (secondary N) is 1. The Morgan fingerprint density at radius 1 is 1.50 bits per heavy atom. The number of hydrogen-bond acceptors (Lipinski definition) is 4. The first kappa shape index (κ1) is 15.3. The van der Waals surface area contributed by atoms with Crippen molar-refractivity contribution in [1.82, 2.24) is 14.5 Å². The number of ether oxygens (including phenoxy) is 1. The van der Waals surface area contributed by atoms with E-state index in [1.165, 1.54) is 25.8 Å². The van der Waals surface area contributed by atoms with E-state index in [-0.39, 0.29) is 6.04 Å². The maximum atomic E-state index is 5.18. The Morgan fingerprint density at radius 2 is 2.30 bits per heavy atom. The van der Waals surface area contributed by atoms with Gasteiger partial charge < -0.3 is 19.5 Å². The maximum absolute atomic E-state index is 5.18. The van der Waals surface area contributed by atoms with Crippen molar-refractivity contribution in [2.75, 3.05) is 32.6 Å². The zero-order valence-electron chi connectivity index (χ0n) is 13.2. The zero-order chi connectivity index (χ0) is 14.5. The molecule has 0 aromatic carbocycles. The van der Waals surface area contributed by atoms with Crippen LogP contribution in [0.5, 0.6) is 0 Å². The van der Waals surface area contributed by atoms with E-state index in [2.05, 4.69) is 39.9 Å². The molecule has 2 atom stereocenters. The van der Waals surface area contributed by atoms with Gasteiger partial charge in [0, 0.05) is 31.9 Å². The van der Waals surface area contributed by atoms with E-state index >= 15 is 0 Å². The van der Waals surface area contributed by atoms with Crippen LogP contribution in [0, 0.1) is 6.92 Å². The second-order valence-electron chi connectivity index (χ2n) is 5.99. The molecule has 2 heterocycles. The lowest BCUT2D eigenvalue weighted by molar-refractivity contribution is 0.167. The molecule has 5 nitrogen and oxygen atoms in total. The highest BCUT2D eigenvalue weighted by Gasteiger charge is 2.20. The summed E-state index contributed by atoms with van der Waals surface area (Å²) in [7, 11) is 3.96. The normalized spacial score (nSPS) is 21.9. The van der Waals surface area contributed by atoms with Crippen molar-refractivity contribution < 1.29 is 4.74 Å². The Balaban J connectivity index is 2.03. The molecule has 1 aliphatic rings. The summed E-state index contributed by atoms with van der Waals surface area (Å²) in [4.78, 5) is 7.07. The zero-order valence-corrected chi connectivity index (χ0v) is 13.2. The first-order valence-corrected chi connectivity index (χ1v) is 7.59. The van der Waals surface area contributed by atoms with Crippen molar-refractivity contribution in [2.45, 2.75) is 51.7 Å². The lowest BCUT2D eigenvalue weighted by atomic mass is 10.0. The van der Waals surface area contributed by atoms with Crippen LogP contribution < -0.4 is 5.32 Å². The molecule has 0 bridgehead atoms. The lowest BCUT2D eigenvalue weighted by Crippen LogP contribution is -2.39. The lowest BCUT2D eigenvalue weighted by Gasteiger charge is -2.33. The molecule has 0 radical (unpaired) electrons. The number of hydrogen-bond donors (Lipinski definition) is 1. The highest BCUT2D eigenvalue weighted by Crippen LogP contribution is 2.19. The molecule has 1 aromatic rings. The van der Waals surface area contributed by atoms with Crippen LogP contribution in [-0.2, 0) is 11.3 Å². The van der Waals surface area contributed by atoms with Gasteiger partial charge in [0.25, 0.3) is 0 Å². The molecule has 1 saturated heterocycles. The molecule has 5 heteroatoms. The van der Waals surface area contributed by atoms with E-state index in [0.29, 0.717) is 12.6 Å². The average molecular weight is 280 g/mol. The van der Waals surface area contributed by atoms with Crippen molar-refractivity contribution >= 4 is 5.95 Å². The first-order valence-electron chi connectivity index (χ1n) is 7.59. The molecule has 0 saturated carbocycles. The van der Waals surface area contributed by atoms with E-state index in [0.717, 1.165) is 18.2 Å².